The number of nitrogens with zero attached hydrogens (tertiary/aromatic N) is 3. The number of thiazole rings is 1. The fourth-order valence-corrected chi connectivity index (χ4v) is 5.21. The lowest BCUT2D eigenvalue weighted by molar-refractivity contribution is -0.138. The molecule has 2 heterocycles. The number of rotatable bonds is 6. The summed E-state index contributed by atoms with van der Waals surface area (Å²) in [6.45, 7) is 0. The van der Waals surface area contributed by atoms with Crippen molar-refractivity contribution < 1.29 is 23.1 Å². The van der Waals surface area contributed by atoms with Crippen molar-refractivity contribution in [2.75, 3.05) is 0 Å². The fourth-order valence-electron chi connectivity index (χ4n) is 4.55. The molecule has 0 amide bonds. The number of aliphatic carboxylic acids is 1. The zero-order valence-corrected chi connectivity index (χ0v) is 20.7. The molecule has 38 heavy (non-hydrogen) atoms. The molecule has 4 aromatic rings. The average molecular weight is 532 g/mol. The van der Waals surface area contributed by atoms with Crippen LogP contribution < -0.4 is 0 Å². The Balaban J connectivity index is 1.77. The highest BCUT2D eigenvalue weighted by Gasteiger charge is 2.34. The Morgan fingerprint density at radius 1 is 1.08 bits per heavy atom. The number of pyridine rings is 1. The zero-order chi connectivity index (χ0) is 26.9. The summed E-state index contributed by atoms with van der Waals surface area (Å²) >= 11 is 1.51. The second kappa shape index (κ2) is 10.2. The molecule has 0 spiro atoms. The van der Waals surface area contributed by atoms with Crippen LogP contribution >= 0.6 is 11.3 Å². The number of nitriles is 1. The van der Waals surface area contributed by atoms with E-state index in [1.807, 2.05) is 36.4 Å². The Hall–Kier alpha value is -4.29. The lowest BCUT2D eigenvalue weighted by Gasteiger charge is -2.31. The Bertz CT molecular complexity index is 1630. The Morgan fingerprint density at radius 3 is 2.45 bits per heavy atom. The molecule has 0 unspecified atom stereocenters. The molecule has 2 aromatic heterocycles. The summed E-state index contributed by atoms with van der Waals surface area (Å²) in [4.78, 5) is 19.6. The van der Waals surface area contributed by atoms with Crippen LogP contribution in [0.2, 0.25) is 0 Å². The molecule has 0 saturated heterocycles. The van der Waals surface area contributed by atoms with Crippen LogP contribution in [0.3, 0.4) is 0 Å². The predicted octanol–water partition coefficient (Wildman–Crippen LogP) is 7.44. The van der Waals surface area contributed by atoms with Gasteiger partial charge in [0.15, 0.2) is 0 Å². The maximum Gasteiger partial charge on any atom is 0.417 e. The third-order valence-electron chi connectivity index (χ3n) is 6.61. The molecule has 0 bridgehead atoms. The number of carboxylic acids is 1. The molecule has 1 N–H and O–H groups in total. The molecule has 0 radical (unpaired) electrons. The topological polar surface area (TPSA) is 86.9 Å². The third kappa shape index (κ3) is 5.08. The third-order valence-corrected chi connectivity index (χ3v) is 7.42. The van der Waals surface area contributed by atoms with E-state index in [0.29, 0.717) is 5.56 Å². The number of allylic oxidation sites excluding steroid dienone is 1. The van der Waals surface area contributed by atoms with Crippen molar-refractivity contribution in [1.29, 1.82) is 5.26 Å². The number of carboxylic acid groups (broad SMARTS) is 1. The van der Waals surface area contributed by atoms with Crippen molar-refractivity contribution in [3.05, 3.63) is 99.8 Å². The van der Waals surface area contributed by atoms with Gasteiger partial charge in [0, 0.05) is 12.3 Å². The lowest BCUT2D eigenvalue weighted by Crippen LogP contribution is -2.17. The van der Waals surface area contributed by atoms with Crippen LogP contribution in [-0.4, -0.2) is 21.0 Å². The maximum absolute atomic E-state index is 13.4. The van der Waals surface area contributed by atoms with E-state index in [0.717, 1.165) is 70.1 Å². The maximum atomic E-state index is 13.4. The van der Waals surface area contributed by atoms with Gasteiger partial charge in [0.2, 0.25) is 0 Å². The largest absolute Gasteiger partial charge is 0.478 e. The van der Waals surface area contributed by atoms with Crippen LogP contribution in [0.25, 0.3) is 27.4 Å². The van der Waals surface area contributed by atoms with Gasteiger partial charge in [-0.15, -0.1) is 11.3 Å². The number of fused-ring (bicyclic) bond motifs is 1. The smallest absolute Gasteiger partial charge is 0.417 e. The van der Waals surface area contributed by atoms with E-state index >= 15 is 0 Å². The van der Waals surface area contributed by atoms with Crippen molar-refractivity contribution >= 4 is 44.7 Å². The molecule has 190 valence electrons. The van der Waals surface area contributed by atoms with Crippen LogP contribution in [-0.2, 0) is 11.0 Å². The molecule has 9 heteroatoms. The summed E-state index contributed by atoms with van der Waals surface area (Å²) in [5, 5.41) is 18.8. The van der Waals surface area contributed by atoms with Crippen molar-refractivity contribution in [3.8, 4) is 6.07 Å². The zero-order valence-electron chi connectivity index (χ0n) is 19.9. The number of aromatic nitrogens is 2. The van der Waals surface area contributed by atoms with E-state index in [9.17, 15) is 23.2 Å². The monoisotopic (exact) mass is 531 g/mol. The number of alkyl halides is 3. The van der Waals surface area contributed by atoms with Crippen molar-refractivity contribution in [3.63, 3.8) is 0 Å². The van der Waals surface area contributed by atoms with Gasteiger partial charge in [-0.05, 0) is 70.9 Å². The fraction of sp³-hybridized carbons (Fsp3) is 0.172. The molecule has 2 aromatic carbocycles. The number of hydrogen-bond acceptors (Lipinski definition) is 5. The van der Waals surface area contributed by atoms with Gasteiger partial charge >= 0.3 is 12.1 Å². The number of carbonyl (C=O) groups is 1. The Labute approximate surface area is 220 Å². The minimum Gasteiger partial charge on any atom is -0.478 e. The molecule has 0 aliphatic heterocycles. The van der Waals surface area contributed by atoms with Gasteiger partial charge in [0.05, 0.1) is 32.5 Å². The predicted molar refractivity (Wildman–Crippen MR) is 140 cm³/mol. The van der Waals surface area contributed by atoms with Crippen LogP contribution in [0, 0.1) is 17.2 Å². The van der Waals surface area contributed by atoms with Gasteiger partial charge in [0.25, 0.3) is 0 Å². The first-order chi connectivity index (χ1) is 18.2. The highest BCUT2D eigenvalue weighted by atomic mass is 32.1. The number of hydrogen-bond donors (Lipinski definition) is 1. The molecular formula is C29H20F3N3O2S. The minimum absolute atomic E-state index is 0.0130. The minimum atomic E-state index is -4.62. The molecule has 1 saturated carbocycles. The first-order valence-electron chi connectivity index (χ1n) is 11.8. The molecule has 5 nitrogen and oxygen atoms in total. The second-order valence-electron chi connectivity index (χ2n) is 8.97. The van der Waals surface area contributed by atoms with Gasteiger partial charge in [-0.1, -0.05) is 36.8 Å². The average Bonchev–Trinajstić information content (AvgIpc) is 3.34. The lowest BCUT2D eigenvalue weighted by atomic mass is 9.73. The van der Waals surface area contributed by atoms with Crippen molar-refractivity contribution in [2.45, 2.75) is 25.4 Å². The van der Waals surface area contributed by atoms with Crippen molar-refractivity contribution in [2.24, 2.45) is 5.92 Å². The van der Waals surface area contributed by atoms with Crippen molar-refractivity contribution in [1.82, 2.24) is 9.97 Å². The Morgan fingerprint density at radius 2 is 1.82 bits per heavy atom. The highest BCUT2D eigenvalue weighted by Crippen LogP contribution is 2.46. The normalized spacial score (nSPS) is 14.8. The molecular weight excluding hydrogens is 511 g/mol. The first kappa shape index (κ1) is 25.4. The highest BCUT2D eigenvalue weighted by molar-refractivity contribution is 7.16. The summed E-state index contributed by atoms with van der Waals surface area (Å²) in [6, 6.07) is 15.9. The summed E-state index contributed by atoms with van der Waals surface area (Å²) in [5.74, 6) is -1.05. The van der Waals surface area contributed by atoms with Crippen LogP contribution in [0.5, 0.6) is 0 Å². The van der Waals surface area contributed by atoms with Gasteiger partial charge in [-0.3, -0.25) is 4.98 Å². The Kier molecular flexibility index (Phi) is 6.83. The van der Waals surface area contributed by atoms with E-state index < -0.39 is 17.7 Å². The van der Waals surface area contributed by atoms with Gasteiger partial charge in [-0.25, -0.2) is 9.78 Å². The molecule has 1 fully saturated rings. The molecule has 1 aliphatic rings. The summed E-state index contributed by atoms with van der Waals surface area (Å²) in [7, 11) is 0. The first-order valence-corrected chi connectivity index (χ1v) is 12.7. The van der Waals surface area contributed by atoms with Gasteiger partial charge in [-0.2, -0.15) is 18.4 Å². The summed E-state index contributed by atoms with van der Waals surface area (Å²) in [6.07, 6.45) is 1.32. The van der Waals surface area contributed by atoms with Gasteiger partial charge in [0.1, 0.15) is 6.07 Å². The van der Waals surface area contributed by atoms with Crippen LogP contribution in [0.15, 0.2) is 66.3 Å². The van der Waals surface area contributed by atoms with E-state index in [1.54, 1.807) is 17.6 Å². The molecule has 5 rings (SSSR count). The quantitative estimate of drug-likeness (QED) is 0.261. The van der Waals surface area contributed by atoms with E-state index in [4.69, 9.17) is 5.11 Å². The van der Waals surface area contributed by atoms with Crippen LogP contribution in [0.4, 0.5) is 13.2 Å². The second-order valence-corrected chi connectivity index (χ2v) is 9.86. The number of benzene rings is 2. The molecule has 0 atom stereocenters. The van der Waals surface area contributed by atoms with E-state index in [1.165, 1.54) is 17.4 Å². The van der Waals surface area contributed by atoms with E-state index in [2.05, 4.69) is 9.97 Å². The standard InChI is InChI=1S/C29H20F3N3O2S/c30-29(31,32)22-12-21(14-33)28(34-15-22)27(18-2-1-3-18)26(20-9-10-24-23(13-20)35-16-38-24)19-7-4-17(5-8-19)6-11-25(36)37/h4-13,15-16,18H,1-3H2,(H,36,37). The van der Waals surface area contributed by atoms with Crippen LogP contribution in [0.1, 0.15) is 52.8 Å². The van der Waals surface area contributed by atoms with E-state index in [-0.39, 0.29) is 17.2 Å². The number of halogens is 3. The molecule has 1 aliphatic carbocycles. The van der Waals surface area contributed by atoms with Gasteiger partial charge < -0.3 is 5.11 Å². The SMILES string of the molecule is N#Cc1cc(C(F)(F)F)cnc1C(=C(c1ccc(C=CC(=O)O)cc1)c1ccc2scnc2c1)C1CCC1. The summed E-state index contributed by atoms with van der Waals surface area (Å²) < 4.78 is 41.3. The summed E-state index contributed by atoms with van der Waals surface area (Å²) in [5.41, 5.74) is 5.45.